The number of carbonyl (C=O) groups is 2. The number of halogens is 1. The summed E-state index contributed by atoms with van der Waals surface area (Å²) in [7, 11) is 3.96. The zero-order valence-corrected chi connectivity index (χ0v) is 17.1. The lowest BCUT2D eigenvalue weighted by molar-refractivity contribution is -0.133. The number of anilines is 2. The van der Waals surface area contributed by atoms with Gasteiger partial charge in [-0.1, -0.05) is 23.7 Å². The first-order valence-corrected chi connectivity index (χ1v) is 9.90. The van der Waals surface area contributed by atoms with Gasteiger partial charge in [-0.2, -0.15) is 0 Å². The van der Waals surface area contributed by atoms with E-state index < -0.39 is 0 Å². The summed E-state index contributed by atoms with van der Waals surface area (Å²) in [5.41, 5.74) is 2.85. The molecule has 148 valence electrons. The van der Waals surface area contributed by atoms with E-state index in [0.717, 1.165) is 16.9 Å². The maximum atomic E-state index is 12.5. The molecule has 1 saturated heterocycles. The quantitative estimate of drug-likeness (QED) is 0.831. The van der Waals surface area contributed by atoms with Crippen molar-refractivity contribution in [1.29, 1.82) is 0 Å². The van der Waals surface area contributed by atoms with Crippen LogP contribution >= 0.6 is 11.6 Å². The summed E-state index contributed by atoms with van der Waals surface area (Å²) in [6.45, 7) is 1.23. The maximum Gasteiger partial charge on any atom is 0.227 e. The van der Waals surface area contributed by atoms with Gasteiger partial charge in [0.05, 0.1) is 6.42 Å². The summed E-state index contributed by atoms with van der Waals surface area (Å²) in [4.78, 5) is 28.9. The number of amides is 2. The number of benzene rings is 2. The van der Waals surface area contributed by atoms with Gasteiger partial charge in [-0.15, -0.1) is 0 Å². The van der Waals surface area contributed by atoms with Crippen LogP contribution in [0.4, 0.5) is 11.4 Å². The summed E-state index contributed by atoms with van der Waals surface area (Å²) in [6.07, 6.45) is 1.74. The molecule has 5 nitrogen and oxygen atoms in total. The predicted octanol–water partition coefficient (Wildman–Crippen LogP) is 3.83. The molecule has 28 heavy (non-hydrogen) atoms. The molecule has 2 aromatic rings. The number of likely N-dealkylation sites (tertiary alicyclic amines) is 1. The number of hydrogen-bond acceptors (Lipinski definition) is 3. The highest BCUT2D eigenvalue weighted by Gasteiger charge is 2.27. The van der Waals surface area contributed by atoms with Gasteiger partial charge in [0.2, 0.25) is 11.8 Å². The van der Waals surface area contributed by atoms with Crippen LogP contribution in [-0.2, 0) is 16.0 Å². The minimum atomic E-state index is -0.0619. The minimum Gasteiger partial charge on any atom is -0.378 e. The van der Waals surface area contributed by atoms with Crippen LogP contribution in [0.15, 0.2) is 48.5 Å². The lowest BCUT2D eigenvalue weighted by Gasteiger charge is -2.31. The standard InChI is InChI=1S/C22H26ClN3O2/c1-25(2)20-9-7-19(8-10-20)24-22(28)17-11-13-26(14-12-17)21(27)15-16-3-5-18(23)6-4-16/h3-10,17H,11-15H2,1-2H3,(H,24,28). The molecule has 0 aromatic heterocycles. The Hall–Kier alpha value is -2.53. The first-order chi connectivity index (χ1) is 13.4. The lowest BCUT2D eigenvalue weighted by atomic mass is 9.95. The fraction of sp³-hybridized carbons (Fsp3) is 0.364. The van der Waals surface area contributed by atoms with Gasteiger partial charge in [-0.25, -0.2) is 0 Å². The lowest BCUT2D eigenvalue weighted by Crippen LogP contribution is -2.42. The molecular formula is C22H26ClN3O2. The molecular weight excluding hydrogens is 374 g/mol. The van der Waals surface area contributed by atoms with E-state index in [1.54, 1.807) is 12.1 Å². The molecule has 1 aliphatic heterocycles. The molecule has 0 spiro atoms. The van der Waals surface area contributed by atoms with Gasteiger partial charge >= 0.3 is 0 Å². The molecule has 1 heterocycles. The molecule has 0 aliphatic carbocycles. The number of rotatable bonds is 5. The van der Waals surface area contributed by atoms with Crippen molar-refractivity contribution in [3.05, 3.63) is 59.1 Å². The van der Waals surface area contributed by atoms with Crippen molar-refractivity contribution < 1.29 is 9.59 Å². The second-order valence-corrected chi connectivity index (χ2v) is 7.83. The third-order valence-electron chi connectivity index (χ3n) is 5.14. The van der Waals surface area contributed by atoms with E-state index in [9.17, 15) is 9.59 Å². The molecule has 0 radical (unpaired) electrons. The molecule has 0 bridgehead atoms. The van der Waals surface area contributed by atoms with E-state index in [1.165, 1.54) is 0 Å². The molecule has 0 unspecified atom stereocenters. The average Bonchev–Trinajstić information content (AvgIpc) is 2.70. The first kappa shape index (κ1) is 20.2. The van der Waals surface area contributed by atoms with Crippen molar-refractivity contribution in [2.75, 3.05) is 37.4 Å². The van der Waals surface area contributed by atoms with Crippen LogP contribution in [-0.4, -0.2) is 43.9 Å². The van der Waals surface area contributed by atoms with Gasteiger partial charge in [-0.3, -0.25) is 9.59 Å². The zero-order chi connectivity index (χ0) is 20.1. The van der Waals surface area contributed by atoms with E-state index in [-0.39, 0.29) is 17.7 Å². The number of nitrogens with zero attached hydrogens (tertiary/aromatic N) is 2. The number of nitrogens with one attached hydrogen (secondary N) is 1. The van der Waals surface area contributed by atoms with Gasteiger partial charge in [0.15, 0.2) is 0 Å². The van der Waals surface area contributed by atoms with Gasteiger partial charge in [0, 0.05) is 49.5 Å². The molecule has 3 rings (SSSR count). The van der Waals surface area contributed by atoms with Crippen molar-refractivity contribution in [3.8, 4) is 0 Å². The van der Waals surface area contributed by atoms with Crippen LogP contribution in [0.3, 0.4) is 0 Å². The second kappa shape index (κ2) is 9.11. The molecule has 1 fully saturated rings. The minimum absolute atomic E-state index is 0.0300. The van der Waals surface area contributed by atoms with E-state index in [0.29, 0.717) is 37.4 Å². The third-order valence-corrected chi connectivity index (χ3v) is 5.39. The molecule has 2 amide bonds. The van der Waals surface area contributed by atoms with Crippen molar-refractivity contribution in [2.45, 2.75) is 19.3 Å². The third kappa shape index (κ3) is 5.26. The normalized spacial score (nSPS) is 14.6. The number of carbonyl (C=O) groups excluding carboxylic acids is 2. The van der Waals surface area contributed by atoms with E-state index in [1.807, 2.05) is 60.3 Å². The van der Waals surface area contributed by atoms with E-state index in [2.05, 4.69) is 5.32 Å². The molecule has 1 N–H and O–H groups in total. The highest BCUT2D eigenvalue weighted by atomic mass is 35.5. The van der Waals surface area contributed by atoms with Gasteiger partial charge < -0.3 is 15.1 Å². The fourth-order valence-corrected chi connectivity index (χ4v) is 3.49. The fourth-order valence-electron chi connectivity index (χ4n) is 3.37. The Morgan fingerprint density at radius 2 is 1.64 bits per heavy atom. The van der Waals surface area contributed by atoms with Crippen LogP contribution in [0.25, 0.3) is 0 Å². The van der Waals surface area contributed by atoms with E-state index in [4.69, 9.17) is 11.6 Å². The highest BCUT2D eigenvalue weighted by Crippen LogP contribution is 2.22. The smallest absolute Gasteiger partial charge is 0.227 e. The average molecular weight is 400 g/mol. The van der Waals surface area contributed by atoms with Crippen LogP contribution in [0, 0.1) is 5.92 Å². The summed E-state index contributed by atoms with van der Waals surface area (Å²) in [6, 6.07) is 15.1. The topological polar surface area (TPSA) is 52.7 Å². The molecule has 6 heteroatoms. The molecule has 1 aliphatic rings. The van der Waals surface area contributed by atoms with Gasteiger partial charge in [0.1, 0.15) is 0 Å². The Labute approximate surface area is 171 Å². The second-order valence-electron chi connectivity index (χ2n) is 7.39. The SMILES string of the molecule is CN(C)c1ccc(NC(=O)C2CCN(C(=O)Cc3ccc(Cl)cc3)CC2)cc1. The van der Waals surface area contributed by atoms with Crippen LogP contribution in [0.1, 0.15) is 18.4 Å². The van der Waals surface area contributed by atoms with Crippen molar-refractivity contribution >= 4 is 34.8 Å². The summed E-state index contributed by atoms with van der Waals surface area (Å²) >= 11 is 5.89. The van der Waals surface area contributed by atoms with Crippen molar-refractivity contribution in [3.63, 3.8) is 0 Å². The first-order valence-electron chi connectivity index (χ1n) is 9.53. The monoisotopic (exact) mass is 399 g/mol. The Balaban J connectivity index is 1.48. The van der Waals surface area contributed by atoms with Gasteiger partial charge in [-0.05, 0) is 54.8 Å². The molecule has 0 saturated carbocycles. The molecule has 2 aromatic carbocycles. The number of piperidine rings is 1. The Bertz CT molecular complexity index is 811. The van der Waals surface area contributed by atoms with Crippen LogP contribution in [0.2, 0.25) is 5.02 Å². The van der Waals surface area contributed by atoms with E-state index >= 15 is 0 Å². The van der Waals surface area contributed by atoms with Crippen LogP contribution < -0.4 is 10.2 Å². The number of hydrogen-bond donors (Lipinski definition) is 1. The van der Waals surface area contributed by atoms with Crippen LogP contribution in [0.5, 0.6) is 0 Å². The largest absolute Gasteiger partial charge is 0.378 e. The van der Waals surface area contributed by atoms with Crippen molar-refractivity contribution in [1.82, 2.24) is 4.90 Å². The maximum absolute atomic E-state index is 12.5. The Kier molecular flexibility index (Phi) is 6.57. The summed E-state index contributed by atoms with van der Waals surface area (Å²) in [5, 5.41) is 3.66. The van der Waals surface area contributed by atoms with Gasteiger partial charge in [0.25, 0.3) is 0 Å². The Morgan fingerprint density at radius 1 is 1.04 bits per heavy atom. The predicted molar refractivity (Wildman–Crippen MR) is 114 cm³/mol. The molecule has 0 atom stereocenters. The highest BCUT2D eigenvalue weighted by molar-refractivity contribution is 6.30. The zero-order valence-electron chi connectivity index (χ0n) is 16.3. The summed E-state index contributed by atoms with van der Waals surface area (Å²) in [5.74, 6) is 0.0657. The summed E-state index contributed by atoms with van der Waals surface area (Å²) < 4.78 is 0. The Morgan fingerprint density at radius 3 is 2.21 bits per heavy atom. The van der Waals surface area contributed by atoms with Crippen molar-refractivity contribution in [2.24, 2.45) is 5.92 Å².